The van der Waals surface area contributed by atoms with Crippen molar-refractivity contribution in [1.29, 1.82) is 0 Å². The van der Waals surface area contributed by atoms with Crippen LogP contribution in [0.5, 0.6) is 11.5 Å². The van der Waals surface area contributed by atoms with E-state index in [0.29, 0.717) is 12.4 Å². The molecule has 3 aromatic carbocycles. The number of hydrogen-bond acceptors (Lipinski definition) is 5. The lowest BCUT2D eigenvalue weighted by molar-refractivity contribution is -0.111. The van der Waals surface area contributed by atoms with E-state index in [0.717, 1.165) is 49.6 Å². The Kier molecular flexibility index (Phi) is 7.28. The maximum atomic E-state index is 12.7. The van der Waals surface area contributed by atoms with Crippen molar-refractivity contribution < 1.29 is 18.7 Å². The number of fused-ring (bicyclic) bond motifs is 1. The summed E-state index contributed by atoms with van der Waals surface area (Å²) in [6.07, 6.45) is 5.35. The first kappa shape index (κ1) is 23.5. The Balaban J connectivity index is 1.70. The molecule has 0 bridgehead atoms. The summed E-state index contributed by atoms with van der Waals surface area (Å²) in [5.41, 5.74) is 5.04. The number of ether oxygens (including phenoxy) is 2. The second-order valence-electron chi connectivity index (χ2n) is 7.70. The molecule has 0 aliphatic rings. The maximum Gasteiger partial charge on any atom is 0.248 e. The minimum Gasteiger partial charge on any atom is -0.497 e. The van der Waals surface area contributed by atoms with Gasteiger partial charge in [0.05, 0.1) is 20.0 Å². The Bertz CT molecular complexity index is 1340. The van der Waals surface area contributed by atoms with E-state index < -0.39 is 0 Å². The highest BCUT2D eigenvalue weighted by Gasteiger charge is 2.16. The molecule has 0 saturated carbocycles. The number of rotatable bonds is 8. The van der Waals surface area contributed by atoms with E-state index in [4.69, 9.17) is 13.9 Å². The van der Waals surface area contributed by atoms with Crippen molar-refractivity contribution in [2.75, 3.05) is 25.3 Å². The smallest absolute Gasteiger partial charge is 0.248 e. The van der Waals surface area contributed by atoms with Crippen LogP contribution in [0.4, 0.5) is 5.69 Å². The molecule has 1 N–H and O–H groups in total. The van der Waals surface area contributed by atoms with Gasteiger partial charge in [-0.15, -0.1) is 11.8 Å². The van der Waals surface area contributed by atoms with E-state index in [1.54, 1.807) is 31.2 Å². The predicted molar refractivity (Wildman–Crippen MR) is 140 cm³/mol. The van der Waals surface area contributed by atoms with Crippen molar-refractivity contribution in [3.05, 3.63) is 78.6 Å². The molecule has 0 aliphatic carbocycles. The Morgan fingerprint density at radius 3 is 2.62 bits per heavy atom. The summed E-state index contributed by atoms with van der Waals surface area (Å²) in [4.78, 5) is 13.9. The van der Waals surface area contributed by atoms with Crippen molar-refractivity contribution in [2.24, 2.45) is 0 Å². The van der Waals surface area contributed by atoms with Crippen LogP contribution in [0.25, 0.3) is 27.7 Å². The van der Waals surface area contributed by atoms with Crippen LogP contribution in [0.15, 0.2) is 82.3 Å². The lowest BCUT2D eigenvalue weighted by Gasteiger charge is -2.12. The minimum atomic E-state index is -0.197. The maximum absolute atomic E-state index is 12.7. The fraction of sp³-hybridized carbons (Fsp3) is 0.179. The summed E-state index contributed by atoms with van der Waals surface area (Å²) < 4.78 is 17.1. The summed E-state index contributed by atoms with van der Waals surface area (Å²) in [5, 5.41) is 3.87. The second kappa shape index (κ2) is 10.5. The van der Waals surface area contributed by atoms with E-state index >= 15 is 0 Å². The number of carbonyl (C=O) groups is 1. The lowest BCUT2D eigenvalue weighted by Crippen LogP contribution is -2.08. The summed E-state index contributed by atoms with van der Waals surface area (Å²) in [7, 11) is 1.65. The van der Waals surface area contributed by atoms with E-state index in [2.05, 4.69) is 5.32 Å². The molecule has 0 unspecified atom stereocenters. The zero-order valence-electron chi connectivity index (χ0n) is 19.7. The van der Waals surface area contributed by atoms with Crippen LogP contribution in [0.1, 0.15) is 19.4 Å². The Hall–Kier alpha value is -3.64. The Labute approximate surface area is 203 Å². The van der Waals surface area contributed by atoms with Gasteiger partial charge in [-0.2, -0.15) is 0 Å². The number of furan rings is 1. The number of nitrogens with one attached hydrogen (secondary N) is 1. The van der Waals surface area contributed by atoms with Crippen molar-refractivity contribution in [3.8, 4) is 22.6 Å². The third-order valence-electron chi connectivity index (χ3n) is 5.49. The molecule has 6 heteroatoms. The van der Waals surface area contributed by atoms with Crippen molar-refractivity contribution in [2.45, 2.75) is 18.7 Å². The standard InChI is InChI=1S/C28H27NO4S/c1-5-32-26-16-27-24(25(17-33-27)19-7-6-8-21(14-19)31-3)15-23(26)18(2)13-28(30)29-20-9-11-22(34-4)12-10-20/h6-17H,5H2,1-4H3,(H,29,30)/b18-13+. The van der Waals surface area contributed by atoms with Gasteiger partial charge < -0.3 is 19.2 Å². The molecular weight excluding hydrogens is 446 g/mol. The van der Waals surface area contributed by atoms with Gasteiger partial charge in [0, 0.05) is 39.2 Å². The van der Waals surface area contributed by atoms with Crippen LogP contribution in [0, 0.1) is 0 Å². The zero-order chi connectivity index (χ0) is 24.1. The van der Waals surface area contributed by atoms with Gasteiger partial charge in [0.15, 0.2) is 0 Å². The van der Waals surface area contributed by atoms with Gasteiger partial charge in [-0.25, -0.2) is 0 Å². The molecule has 0 aliphatic heterocycles. The fourth-order valence-electron chi connectivity index (χ4n) is 3.78. The SMILES string of the molecule is CCOc1cc2occ(-c3cccc(OC)c3)c2cc1/C(C)=C/C(=O)Nc1ccc(SC)cc1. The summed E-state index contributed by atoms with van der Waals surface area (Å²) in [6, 6.07) is 19.5. The average molecular weight is 474 g/mol. The largest absolute Gasteiger partial charge is 0.497 e. The molecule has 0 fully saturated rings. The minimum absolute atomic E-state index is 0.197. The molecular formula is C28H27NO4S. The number of hydrogen-bond donors (Lipinski definition) is 1. The monoisotopic (exact) mass is 473 g/mol. The summed E-state index contributed by atoms with van der Waals surface area (Å²) in [6.45, 7) is 4.34. The van der Waals surface area contributed by atoms with Crippen molar-refractivity contribution in [3.63, 3.8) is 0 Å². The van der Waals surface area contributed by atoms with Crippen LogP contribution < -0.4 is 14.8 Å². The molecule has 174 valence electrons. The highest BCUT2D eigenvalue weighted by Crippen LogP contribution is 2.38. The molecule has 0 spiro atoms. The van der Waals surface area contributed by atoms with Crippen LogP contribution >= 0.6 is 11.8 Å². The van der Waals surface area contributed by atoms with Crippen molar-refractivity contribution in [1.82, 2.24) is 0 Å². The first-order valence-electron chi connectivity index (χ1n) is 11.0. The molecule has 4 rings (SSSR count). The molecule has 5 nitrogen and oxygen atoms in total. The number of carbonyl (C=O) groups excluding carboxylic acids is 1. The van der Waals surface area contributed by atoms with Gasteiger partial charge in [-0.1, -0.05) is 12.1 Å². The predicted octanol–water partition coefficient (Wildman–Crippen LogP) is 7.27. The van der Waals surface area contributed by atoms with E-state index in [1.807, 2.05) is 80.8 Å². The van der Waals surface area contributed by atoms with Gasteiger partial charge in [0.1, 0.15) is 17.1 Å². The molecule has 0 saturated heterocycles. The molecule has 0 radical (unpaired) electrons. The number of thioether (sulfide) groups is 1. The highest BCUT2D eigenvalue weighted by atomic mass is 32.2. The molecule has 1 amide bonds. The number of anilines is 1. The molecule has 1 heterocycles. The molecule has 1 aromatic heterocycles. The quantitative estimate of drug-likeness (QED) is 0.215. The fourth-order valence-corrected chi connectivity index (χ4v) is 4.19. The summed E-state index contributed by atoms with van der Waals surface area (Å²) in [5.74, 6) is 1.25. The van der Waals surface area contributed by atoms with Gasteiger partial charge >= 0.3 is 0 Å². The van der Waals surface area contributed by atoms with Gasteiger partial charge in [0.25, 0.3) is 0 Å². The number of allylic oxidation sites excluding steroid dienone is 1. The van der Waals surface area contributed by atoms with E-state index in [9.17, 15) is 4.79 Å². The molecule has 0 atom stereocenters. The zero-order valence-corrected chi connectivity index (χ0v) is 20.5. The Morgan fingerprint density at radius 2 is 1.91 bits per heavy atom. The van der Waals surface area contributed by atoms with E-state index in [1.165, 1.54) is 0 Å². The first-order valence-corrected chi connectivity index (χ1v) is 12.2. The van der Waals surface area contributed by atoms with Crippen LogP contribution in [-0.4, -0.2) is 25.9 Å². The third kappa shape index (κ3) is 5.13. The van der Waals surface area contributed by atoms with Gasteiger partial charge in [-0.05, 0) is 73.7 Å². The van der Waals surface area contributed by atoms with Crippen LogP contribution in [-0.2, 0) is 4.79 Å². The molecule has 4 aromatic rings. The molecule has 34 heavy (non-hydrogen) atoms. The lowest BCUT2D eigenvalue weighted by atomic mass is 9.99. The topological polar surface area (TPSA) is 60.7 Å². The second-order valence-corrected chi connectivity index (χ2v) is 8.58. The van der Waals surface area contributed by atoms with Gasteiger partial charge in [-0.3, -0.25) is 4.79 Å². The number of methoxy groups -OCH3 is 1. The van der Waals surface area contributed by atoms with E-state index in [-0.39, 0.29) is 5.91 Å². The average Bonchev–Trinajstić information content (AvgIpc) is 3.27. The highest BCUT2D eigenvalue weighted by molar-refractivity contribution is 7.98. The Morgan fingerprint density at radius 1 is 1.12 bits per heavy atom. The van der Waals surface area contributed by atoms with Crippen molar-refractivity contribution >= 4 is 39.9 Å². The van der Waals surface area contributed by atoms with Crippen LogP contribution in [0.2, 0.25) is 0 Å². The summed E-state index contributed by atoms with van der Waals surface area (Å²) >= 11 is 1.66. The number of amides is 1. The van der Waals surface area contributed by atoms with Gasteiger partial charge in [0.2, 0.25) is 5.91 Å². The normalized spacial score (nSPS) is 11.5. The van der Waals surface area contributed by atoms with Crippen LogP contribution in [0.3, 0.4) is 0 Å². The number of benzene rings is 3. The third-order valence-corrected chi connectivity index (χ3v) is 6.23. The first-order chi connectivity index (χ1) is 16.5.